The maximum atomic E-state index is 11.8. The Balaban J connectivity index is 1.87. The monoisotopic (exact) mass is 442 g/mol. The third-order valence-electron chi connectivity index (χ3n) is 4.44. The second-order valence-electron chi connectivity index (χ2n) is 6.82. The van der Waals surface area contributed by atoms with Gasteiger partial charge in [-0.2, -0.15) is 0 Å². The Hall–Kier alpha value is -3.49. The molecule has 3 rings (SSSR count). The quantitative estimate of drug-likeness (QED) is 0.399. The topological polar surface area (TPSA) is 119 Å². The SMILES string of the molecule is C=C(Nc1ccc(Oc2ccnc3cc(OC)c(C(N)=O)cc23)cc1Cl)N[C@@H](C)CO. The number of aliphatic hydroxyl groups excluding tert-OH is 1. The number of hydrogen-bond donors (Lipinski definition) is 4. The smallest absolute Gasteiger partial charge is 0.252 e. The molecule has 8 nitrogen and oxygen atoms in total. The zero-order valence-electron chi connectivity index (χ0n) is 17.1. The predicted molar refractivity (Wildman–Crippen MR) is 121 cm³/mol. The maximum absolute atomic E-state index is 11.8. The van der Waals surface area contributed by atoms with E-state index in [1.165, 1.54) is 7.11 Å². The molecule has 162 valence electrons. The van der Waals surface area contributed by atoms with Crippen LogP contribution in [-0.2, 0) is 0 Å². The lowest BCUT2D eigenvalue weighted by atomic mass is 10.1. The number of carbonyl (C=O) groups excluding carboxylic acids is 1. The molecule has 0 aliphatic heterocycles. The van der Waals surface area contributed by atoms with Gasteiger partial charge in [-0.3, -0.25) is 9.78 Å². The van der Waals surface area contributed by atoms with Crippen molar-refractivity contribution in [3.8, 4) is 17.2 Å². The largest absolute Gasteiger partial charge is 0.496 e. The summed E-state index contributed by atoms with van der Waals surface area (Å²) in [6, 6.07) is 9.89. The number of aliphatic hydroxyl groups is 1. The van der Waals surface area contributed by atoms with E-state index in [4.69, 9.17) is 31.9 Å². The van der Waals surface area contributed by atoms with Gasteiger partial charge in [0.25, 0.3) is 5.91 Å². The van der Waals surface area contributed by atoms with Crippen LogP contribution in [0.3, 0.4) is 0 Å². The highest BCUT2D eigenvalue weighted by Gasteiger charge is 2.15. The summed E-state index contributed by atoms with van der Waals surface area (Å²) >= 11 is 6.38. The second kappa shape index (κ2) is 9.55. The van der Waals surface area contributed by atoms with E-state index >= 15 is 0 Å². The fraction of sp³-hybridized carbons (Fsp3) is 0.182. The Labute approximate surface area is 184 Å². The molecule has 0 radical (unpaired) electrons. The van der Waals surface area contributed by atoms with Gasteiger partial charge < -0.3 is 30.9 Å². The number of ether oxygens (including phenoxy) is 2. The zero-order chi connectivity index (χ0) is 22.5. The van der Waals surface area contributed by atoms with Crippen molar-refractivity contribution in [2.75, 3.05) is 19.0 Å². The lowest BCUT2D eigenvalue weighted by Gasteiger charge is -2.17. The summed E-state index contributed by atoms with van der Waals surface area (Å²) in [5.41, 5.74) is 6.91. The van der Waals surface area contributed by atoms with Crippen molar-refractivity contribution in [2.24, 2.45) is 5.73 Å². The van der Waals surface area contributed by atoms with E-state index in [0.29, 0.717) is 44.7 Å². The van der Waals surface area contributed by atoms with Gasteiger partial charge in [-0.1, -0.05) is 18.2 Å². The van der Waals surface area contributed by atoms with Crippen molar-refractivity contribution >= 4 is 34.1 Å². The Morgan fingerprint density at radius 3 is 2.71 bits per heavy atom. The van der Waals surface area contributed by atoms with E-state index < -0.39 is 5.91 Å². The highest BCUT2D eigenvalue weighted by atomic mass is 35.5. The Kier molecular flexibility index (Phi) is 6.84. The minimum Gasteiger partial charge on any atom is -0.496 e. The number of primary amides is 1. The van der Waals surface area contributed by atoms with Crippen LogP contribution < -0.4 is 25.8 Å². The molecule has 0 spiro atoms. The van der Waals surface area contributed by atoms with E-state index in [9.17, 15) is 4.79 Å². The standard InChI is InChI=1S/C22H23ClN4O4/c1-12(11-28)26-13(2)27-18-5-4-14(8-17(18)23)31-20-6-7-25-19-10-21(30-3)16(22(24)29)9-15(19)20/h4-10,12,26-28H,2,11H2,1,3H3,(H2,24,29)/t12-/m0/s1. The number of anilines is 1. The first kappa shape index (κ1) is 22.2. The molecule has 9 heteroatoms. The third kappa shape index (κ3) is 5.17. The van der Waals surface area contributed by atoms with Crippen LogP contribution in [0.15, 0.2) is 55.0 Å². The molecule has 5 N–H and O–H groups in total. The molecule has 0 unspecified atom stereocenters. The van der Waals surface area contributed by atoms with E-state index in [-0.39, 0.29) is 18.2 Å². The summed E-state index contributed by atoms with van der Waals surface area (Å²) < 4.78 is 11.2. The first-order valence-corrected chi connectivity index (χ1v) is 9.77. The van der Waals surface area contributed by atoms with Crippen molar-refractivity contribution in [1.82, 2.24) is 10.3 Å². The third-order valence-corrected chi connectivity index (χ3v) is 4.75. The van der Waals surface area contributed by atoms with Crippen LogP contribution >= 0.6 is 11.6 Å². The van der Waals surface area contributed by atoms with E-state index in [1.807, 2.05) is 6.92 Å². The van der Waals surface area contributed by atoms with Gasteiger partial charge in [0, 0.05) is 29.8 Å². The number of amides is 1. The van der Waals surface area contributed by atoms with Crippen molar-refractivity contribution in [1.29, 1.82) is 0 Å². The predicted octanol–water partition coefficient (Wildman–Crippen LogP) is 3.64. The summed E-state index contributed by atoms with van der Waals surface area (Å²) in [5, 5.41) is 16.2. The number of nitrogens with two attached hydrogens (primary N) is 1. The summed E-state index contributed by atoms with van der Waals surface area (Å²) in [5.74, 6) is 1.20. The fourth-order valence-electron chi connectivity index (χ4n) is 2.93. The fourth-order valence-corrected chi connectivity index (χ4v) is 3.15. The number of nitrogens with zero attached hydrogens (tertiary/aromatic N) is 1. The average Bonchev–Trinajstić information content (AvgIpc) is 2.74. The highest BCUT2D eigenvalue weighted by molar-refractivity contribution is 6.33. The number of hydrogen-bond acceptors (Lipinski definition) is 7. The zero-order valence-corrected chi connectivity index (χ0v) is 17.9. The Morgan fingerprint density at radius 1 is 1.29 bits per heavy atom. The van der Waals surface area contributed by atoms with Gasteiger partial charge >= 0.3 is 0 Å². The van der Waals surface area contributed by atoms with Crippen LogP contribution in [0.2, 0.25) is 5.02 Å². The number of methoxy groups -OCH3 is 1. The van der Waals surface area contributed by atoms with Gasteiger partial charge in [-0.15, -0.1) is 0 Å². The molecule has 31 heavy (non-hydrogen) atoms. The second-order valence-corrected chi connectivity index (χ2v) is 7.23. The van der Waals surface area contributed by atoms with Gasteiger partial charge in [0.2, 0.25) is 0 Å². The van der Waals surface area contributed by atoms with Crippen LogP contribution in [0.1, 0.15) is 17.3 Å². The van der Waals surface area contributed by atoms with Crippen molar-refractivity contribution in [2.45, 2.75) is 13.0 Å². The maximum Gasteiger partial charge on any atom is 0.252 e. The molecule has 1 heterocycles. The van der Waals surface area contributed by atoms with E-state index in [0.717, 1.165) is 0 Å². The molecule has 1 atom stereocenters. The van der Waals surface area contributed by atoms with Crippen LogP contribution in [0.4, 0.5) is 5.69 Å². The minimum absolute atomic E-state index is 0.0234. The normalized spacial score (nSPS) is 11.6. The molecule has 0 saturated carbocycles. The Bertz CT molecular complexity index is 1140. The van der Waals surface area contributed by atoms with E-state index in [2.05, 4.69) is 22.2 Å². The van der Waals surface area contributed by atoms with Gasteiger partial charge in [0.15, 0.2) is 0 Å². The molecule has 3 aromatic rings. The number of pyridine rings is 1. The number of aromatic nitrogens is 1. The summed E-state index contributed by atoms with van der Waals surface area (Å²) in [6.07, 6.45) is 1.59. The molecule has 0 aliphatic rings. The molecule has 1 aromatic heterocycles. The van der Waals surface area contributed by atoms with Gasteiger partial charge in [-0.05, 0) is 31.2 Å². The van der Waals surface area contributed by atoms with E-state index in [1.54, 1.807) is 42.6 Å². The molecule has 1 amide bonds. The number of carbonyl (C=O) groups is 1. The lowest BCUT2D eigenvalue weighted by molar-refractivity contribution is 0.0997. The molecule has 0 fully saturated rings. The minimum atomic E-state index is -0.614. The van der Waals surface area contributed by atoms with Gasteiger partial charge in [0.1, 0.15) is 17.2 Å². The number of rotatable bonds is 9. The molecule has 2 aromatic carbocycles. The first-order valence-electron chi connectivity index (χ1n) is 9.39. The number of halogens is 1. The van der Waals surface area contributed by atoms with Crippen LogP contribution in [-0.4, -0.2) is 35.8 Å². The van der Waals surface area contributed by atoms with Crippen LogP contribution in [0, 0.1) is 0 Å². The highest BCUT2D eigenvalue weighted by Crippen LogP contribution is 2.35. The van der Waals surface area contributed by atoms with Crippen LogP contribution in [0.5, 0.6) is 17.2 Å². The lowest BCUT2D eigenvalue weighted by Crippen LogP contribution is -2.31. The molecule has 0 saturated heterocycles. The van der Waals surface area contributed by atoms with Crippen LogP contribution in [0.25, 0.3) is 10.9 Å². The summed E-state index contributed by atoms with van der Waals surface area (Å²) in [7, 11) is 1.46. The summed E-state index contributed by atoms with van der Waals surface area (Å²) in [6.45, 7) is 5.66. The van der Waals surface area contributed by atoms with Gasteiger partial charge in [-0.25, -0.2) is 0 Å². The number of nitrogens with one attached hydrogen (secondary N) is 2. The average molecular weight is 443 g/mol. The van der Waals surface area contributed by atoms with Crippen molar-refractivity contribution < 1.29 is 19.4 Å². The molecular weight excluding hydrogens is 420 g/mol. The van der Waals surface area contributed by atoms with Crippen molar-refractivity contribution in [3.05, 3.63) is 65.6 Å². The van der Waals surface area contributed by atoms with Crippen molar-refractivity contribution in [3.63, 3.8) is 0 Å². The number of fused-ring (bicyclic) bond motifs is 1. The molecule has 0 aliphatic carbocycles. The van der Waals surface area contributed by atoms with Gasteiger partial charge in [0.05, 0.1) is 41.3 Å². The molecular formula is C22H23ClN4O4. The molecule has 0 bridgehead atoms. The Morgan fingerprint density at radius 2 is 2.06 bits per heavy atom. The summed E-state index contributed by atoms with van der Waals surface area (Å²) in [4.78, 5) is 16.1. The number of benzene rings is 2. The first-order chi connectivity index (χ1) is 14.8.